The predicted octanol–water partition coefficient (Wildman–Crippen LogP) is 1.20. The minimum Gasteiger partial charge on any atom is -0.468 e. The van der Waals surface area contributed by atoms with Crippen molar-refractivity contribution in [1.29, 1.82) is 0 Å². The maximum Gasteiger partial charge on any atom is 0.326 e. The van der Waals surface area contributed by atoms with Crippen LogP contribution in [0.4, 0.5) is 0 Å². The molecule has 1 atom stereocenters. The second-order valence-electron chi connectivity index (χ2n) is 3.54. The maximum atomic E-state index is 11.6. The summed E-state index contributed by atoms with van der Waals surface area (Å²) in [5, 5.41) is 0. The first-order chi connectivity index (χ1) is 6.17. The number of esters is 1. The van der Waals surface area contributed by atoms with Crippen LogP contribution in [0.1, 0.15) is 19.3 Å². The smallest absolute Gasteiger partial charge is 0.326 e. The van der Waals surface area contributed by atoms with Gasteiger partial charge in [-0.15, -0.1) is 6.58 Å². The molecule has 1 fully saturated rings. The summed E-state index contributed by atoms with van der Waals surface area (Å²) in [5.41, 5.74) is -0.434. The number of methoxy groups -OCH3 is 1. The van der Waals surface area contributed by atoms with Crippen molar-refractivity contribution in [3.8, 4) is 0 Å². The van der Waals surface area contributed by atoms with Crippen LogP contribution in [0.3, 0.4) is 0 Å². The topological polar surface area (TPSA) is 29.5 Å². The lowest BCUT2D eigenvalue weighted by Gasteiger charge is -2.32. The Kier molecular flexibility index (Phi) is 3.09. The molecule has 1 heterocycles. The zero-order chi connectivity index (χ0) is 9.90. The zero-order valence-corrected chi connectivity index (χ0v) is 8.38. The molecule has 3 heteroatoms. The molecule has 1 aliphatic rings. The van der Waals surface area contributed by atoms with E-state index in [9.17, 15) is 4.79 Å². The second-order valence-corrected chi connectivity index (χ2v) is 3.54. The van der Waals surface area contributed by atoms with Gasteiger partial charge in [-0.05, 0) is 32.9 Å². The Morgan fingerprint density at radius 3 is 2.85 bits per heavy atom. The molecule has 1 aliphatic heterocycles. The lowest BCUT2D eigenvalue weighted by atomic mass is 9.92. The third kappa shape index (κ3) is 1.61. The van der Waals surface area contributed by atoms with Crippen molar-refractivity contribution in [1.82, 2.24) is 4.90 Å². The van der Waals surface area contributed by atoms with Crippen LogP contribution in [0.25, 0.3) is 0 Å². The predicted molar refractivity (Wildman–Crippen MR) is 51.4 cm³/mol. The Labute approximate surface area is 79.4 Å². The summed E-state index contributed by atoms with van der Waals surface area (Å²) in [5.74, 6) is -0.132. The Morgan fingerprint density at radius 1 is 1.77 bits per heavy atom. The monoisotopic (exact) mass is 183 g/mol. The third-order valence-corrected chi connectivity index (χ3v) is 2.86. The van der Waals surface area contributed by atoms with Crippen LogP contribution in [0.5, 0.6) is 0 Å². The van der Waals surface area contributed by atoms with Crippen molar-refractivity contribution in [3.05, 3.63) is 12.7 Å². The number of hydrogen-bond donors (Lipinski definition) is 0. The normalized spacial score (nSPS) is 28.8. The lowest BCUT2D eigenvalue weighted by molar-refractivity contribution is -0.152. The molecular formula is C10H17NO2. The molecule has 1 saturated heterocycles. The Hall–Kier alpha value is -0.830. The molecule has 74 valence electrons. The first kappa shape index (κ1) is 10.3. The summed E-state index contributed by atoms with van der Waals surface area (Å²) in [6.45, 7) is 4.65. The molecule has 3 nitrogen and oxygen atoms in total. The largest absolute Gasteiger partial charge is 0.468 e. The van der Waals surface area contributed by atoms with E-state index in [-0.39, 0.29) is 5.97 Å². The number of nitrogens with zero attached hydrogens (tertiary/aromatic N) is 1. The van der Waals surface area contributed by atoms with E-state index in [2.05, 4.69) is 11.5 Å². The first-order valence-corrected chi connectivity index (χ1v) is 4.58. The highest BCUT2D eigenvalue weighted by atomic mass is 16.5. The van der Waals surface area contributed by atoms with E-state index in [1.807, 2.05) is 7.05 Å². The Bertz CT molecular complexity index is 215. The van der Waals surface area contributed by atoms with Crippen molar-refractivity contribution in [2.75, 3.05) is 20.7 Å². The van der Waals surface area contributed by atoms with Crippen LogP contribution >= 0.6 is 0 Å². The van der Waals surface area contributed by atoms with Crippen LogP contribution in [-0.4, -0.2) is 37.1 Å². The molecule has 0 aliphatic carbocycles. The summed E-state index contributed by atoms with van der Waals surface area (Å²) >= 11 is 0. The molecule has 13 heavy (non-hydrogen) atoms. The highest BCUT2D eigenvalue weighted by Crippen LogP contribution is 2.32. The maximum absolute atomic E-state index is 11.6. The van der Waals surface area contributed by atoms with Crippen molar-refractivity contribution in [2.45, 2.75) is 24.8 Å². The van der Waals surface area contributed by atoms with Crippen LogP contribution in [-0.2, 0) is 9.53 Å². The van der Waals surface area contributed by atoms with E-state index in [1.165, 1.54) is 7.11 Å². The molecular weight excluding hydrogens is 166 g/mol. The van der Waals surface area contributed by atoms with E-state index >= 15 is 0 Å². The Balaban J connectivity index is 2.85. The number of ether oxygens (including phenoxy) is 1. The molecule has 0 unspecified atom stereocenters. The Morgan fingerprint density at radius 2 is 2.46 bits per heavy atom. The van der Waals surface area contributed by atoms with Gasteiger partial charge in [-0.25, -0.2) is 0 Å². The van der Waals surface area contributed by atoms with Gasteiger partial charge in [0.2, 0.25) is 0 Å². The van der Waals surface area contributed by atoms with Gasteiger partial charge in [-0.1, -0.05) is 6.08 Å². The van der Waals surface area contributed by atoms with E-state index < -0.39 is 5.54 Å². The van der Waals surface area contributed by atoms with Gasteiger partial charge in [0.1, 0.15) is 5.54 Å². The zero-order valence-electron chi connectivity index (χ0n) is 8.38. The summed E-state index contributed by atoms with van der Waals surface area (Å²) < 4.78 is 4.83. The molecule has 0 saturated carbocycles. The number of carbonyl (C=O) groups is 1. The van der Waals surface area contributed by atoms with Gasteiger partial charge < -0.3 is 4.74 Å². The van der Waals surface area contributed by atoms with E-state index in [4.69, 9.17) is 4.74 Å². The average Bonchev–Trinajstić information content (AvgIpc) is 2.48. The van der Waals surface area contributed by atoms with Crippen LogP contribution in [0.15, 0.2) is 12.7 Å². The van der Waals surface area contributed by atoms with Gasteiger partial charge >= 0.3 is 5.97 Å². The number of likely N-dealkylation sites (N-methyl/N-ethyl adjacent to an activating group) is 1. The molecule has 0 aromatic heterocycles. The minimum absolute atomic E-state index is 0.132. The van der Waals surface area contributed by atoms with Crippen LogP contribution in [0, 0.1) is 0 Å². The standard InChI is InChI=1S/C10H17NO2/c1-4-6-10(9(12)13-3)7-5-8-11(10)2/h4H,1,5-8H2,2-3H3/t10-/m0/s1. The lowest BCUT2D eigenvalue weighted by Crippen LogP contribution is -2.48. The summed E-state index contributed by atoms with van der Waals surface area (Å²) in [4.78, 5) is 13.7. The van der Waals surface area contributed by atoms with Crippen molar-refractivity contribution >= 4 is 5.97 Å². The SMILES string of the molecule is C=CC[C@@]1(C(=O)OC)CCCN1C. The van der Waals surface area contributed by atoms with E-state index in [1.54, 1.807) is 6.08 Å². The van der Waals surface area contributed by atoms with Gasteiger partial charge in [-0.3, -0.25) is 9.69 Å². The van der Waals surface area contributed by atoms with Crippen LogP contribution in [0.2, 0.25) is 0 Å². The molecule has 0 spiro atoms. The average molecular weight is 183 g/mol. The first-order valence-electron chi connectivity index (χ1n) is 4.58. The van der Waals surface area contributed by atoms with Gasteiger partial charge in [0, 0.05) is 0 Å². The molecule has 0 aromatic rings. The van der Waals surface area contributed by atoms with Crippen molar-refractivity contribution in [2.24, 2.45) is 0 Å². The van der Waals surface area contributed by atoms with Gasteiger partial charge in [0.25, 0.3) is 0 Å². The number of carbonyl (C=O) groups excluding carboxylic acids is 1. The fourth-order valence-electron chi connectivity index (χ4n) is 2.04. The quantitative estimate of drug-likeness (QED) is 0.486. The molecule has 0 radical (unpaired) electrons. The fraction of sp³-hybridized carbons (Fsp3) is 0.700. The number of rotatable bonds is 3. The van der Waals surface area contributed by atoms with Crippen molar-refractivity contribution in [3.63, 3.8) is 0 Å². The molecule has 0 aromatic carbocycles. The second kappa shape index (κ2) is 3.92. The van der Waals surface area contributed by atoms with Crippen molar-refractivity contribution < 1.29 is 9.53 Å². The molecule has 0 bridgehead atoms. The molecule has 0 amide bonds. The summed E-state index contributed by atoms with van der Waals surface area (Å²) in [6.07, 6.45) is 4.40. The summed E-state index contributed by atoms with van der Waals surface area (Å²) in [6, 6.07) is 0. The van der Waals surface area contributed by atoms with Gasteiger partial charge in [-0.2, -0.15) is 0 Å². The summed E-state index contributed by atoms with van der Waals surface area (Å²) in [7, 11) is 3.41. The van der Waals surface area contributed by atoms with Gasteiger partial charge in [0.05, 0.1) is 7.11 Å². The minimum atomic E-state index is -0.434. The van der Waals surface area contributed by atoms with E-state index in [0.717, 1.165) is 19.4 Å². The highest BCUT2D eigenvalue weighted by Gasteiger charge is 2.45. The van der Waals surface area contributed by atoms with E-state index in [0.29, 0.717) is 6.42 Å². The van der Waals surface area contributed by atoms with Gasteiger partial charge in [0.15, 0.2) is 0 Å². The molecule has 0 N–H and O–H groups in total. The fourth-order valence-corrected chi connectivity index (χ4v) is 2.04. The number of hydrogen-bond acceptors (Lipinski definition) is 3. The van der Waals surface area contributed by atoms with Crippen LogP contribution < -0.4 is 0 Å². The highest BCUT2D eigenvalue weighted by molar-refractivity contribution is 5.81. The molecule has 1 rings (SSSR count). The third-order valence-electron chi connectivity index (χ3n) is 2.86. The number of likely N-dealkylation sites (tertiary alicyclic amines) is 1.